The van der Waals surface area contributed by atoms with E-state index in [0.717, 1.165) is 12.8 Å². The van der Waals surface area contributed by atoms with Crippen LogP contribution in [0.1, 0.15) is 18.9 Å². The van der Waals surface area contributed by atoms with Crippen LogP contribution in [0.4, 0.5) is 5.82 Å². The van der Waals surface area contributed by atoms with Crippen LogP contribution in [0.5, 0.6) is 0 Å². The second-order valence-electron chi connectivity index (χ2n) is 3.78. The molecule has 0 saturated heterocycles. The Balaban J connectivity index is 1.92. The number of nitrogen functional groups attached to an aromatic ring is 1. The summed E-state index contributed by atoms with van der Waals surface area (Å²) in [6, 6.07) is 1.88. The lowest BCUT2D eigenvalue weighted by molar-refractivity contribution is 0.641. The maximum Gasteiger partial charge on any atom is 0.344 e. The van der Waals surface area contributed by atoms with Gasteiger partial charge in [-0.15, -0.1) is 5.10 Å². The van der Waals surface area contributed by atoms with Crippen molar-refractivity contribution in [3.8, 4) is 0 Å². The van der Waals surface area contributed by atoms with Crippen molar-refractivity contribution in [1.29, 1.82) is 0 Å². The largest absolute Gasteiger partial charge is 0.384 e. The minimum Gasteiger partial charge on any atom is -0.384 e. The molecule has 0 bridgehead atoms. The van der Waals surface area contributed by atoms with Gasteiger partial charge in [-0.25, -0.2) is 19.9 Å². The fourth-order valence-electron chi connectivity index (χ4n) is 1.50. The molecule has 1 aliphatic rings. The molecule has 17 heavy (non-hydrogen) atoms. The highest BCUT2D eigenvalue weighted by Crippen LogP contribution is 2.36. The van der Waals surface area contributed by atoms with E-state index in [1.807, 2.05) is 0 Å². The van der Waals surface area contributed by atoms with Crippen LogP contribution in [0.3, 0.4) is 0 Å². The van der Waals surface area contributed by atoms with E-state index >= 15 is 0 Å². The molecule has 0 unspecified atom stereocenters. The van der Waals surface area contributed by atoms with E-state index in [0.29, 0.717) is 16.1 Å². The Kier molecular flexibility index (Phi) is 2.36. The predicted molar refractivity (Wildman–Crippen MR) is 61.7 cm³/mol. The molecule has 0 aromatic carbocycles. The number of rotatable bonds is 3. The molecule has 0 radical (unpaired) electrons. The van der Waals surface area contributed by atoms with Crippen molar-refractivity contribution in [3.63, 3.8) is 0 Å². The maximum absolute atomic E-state index is 11.5. The molecule has 2 aromatic rings. The van der Waals surface area contributed by atoms with Crippen LogP contribution in [-0.4, -0.2) is 24.7 Å². The summed E-state index contributed by atoms with van der Waals surface area (Å²) in [6.07, 6.45) is 3.62. The molecule has 88 valence electrons. The maximum atomic E-state index is 11.5. The highest BCUT2D eigenvalue weighted by molar-refractivity contribution is 7.99. The molecule has 2 aromatic heterocycles. The molecular weight excluding hydrogens is 240 g/mol. The van der Waals surface area contributed by atoms with Crippen LogP contribution >= 0.6 is 11.8 Å². The minimum atomic E-state index is -0.182. The van der Waals surface area contributed by atoms with Crippen LogP contribution in [0, 0.1) is 0 Å². The van der Waals surface area contributed by atoms with Gasteiger partial charge in [-0.3, -0.25) is 4.57 Å². The van der Waals surface area contributed by atoms with Gasteiger partial charge in [0.1, 0.15) is 5.82 Å². The lowest BCUT2D eigenvalue weighted by Crippen LogP contribution is -2.16. The fraction of sp³-hybridized carbons (Fsp3) is 0.333. The van der Waals surface area contributed by atoms with Crippen molar-refractivity contribution in [3.05, 3.63) is 22.7 Å². The summed E-state index contributed by atoms with van der Waals surface area (Å²) in [5, 5.41) is 7.49. The average Bonchev–Trinajstić information content (AvgIpc) is 3.05. The Morgan fingerprint density at radius 2 is 2.35 bits per heavy atom. The van der Waals surface area contributed by atoms with E-state index in [-0.39, 0.29) is 11.7 Å². The van der Waals surface area contributed by atoms with E-state index in [9.17, 15) is 4.79 Å². The third kappa shape index (κ3) is 2.03. The van der Waals surface area contributed by atoms with Gasteiger partial charge >= 0.3 is 5.69 Å². The number of aromatic nitrogens is 5. The SMILES string of the molecule is Nc1ccnc(Sc2n[nH]c(=O)n2C2CC2)n1. The van der Waals surface area contributed by atoms with Gasteiger partial charge in [0, 0.05) is 12.2 Å². The topological polar surface area (TPSA) is 102 Å². The first-order valence-corrected chi connectivity index (χ1v) is 5.99. The van der Waals surface area contributed by atoms with E-state index in [1.165, 1.54) is 11.8 Å². The fourth-order valence-corrected chi connectivity index (χ4v) is 2.35. The van der Waals surface area contributed by atoms with Gasteiger partial charge < -0.3 is 5.73 Å². The molecule has 3 N–H and O–H groups in total. The van der Waals surface area contributed by atoms with Gasteiger partial charge in [-0.2, -0.15) is 0 Å². The number of nitrogens with zero attached hydrogens (tertiary/aromatic N) is 4. The summed E-state index contributed by atoms with van der Waals surface area (Å²) in [5.74, 6) is 0.401. The summed E-state index contributed by atoms with van der Waals surface area (Å²) in [5.41, 5.74) is 5.38. The molecule has 0 spiro atoms. The van der Waals surface area contributed by atoms with Gasteiger partial charge in [-0.05, 0) is 30.7 Å². The molecule has 1 saturated carbocycles. The van der Waals surface area contributed by atoms with Crippen molar-refractivity contribution in [2.24, 2.45) is 0 Å². The second kappa shape index (κ2) is 3.88. The third-order valence-electron chi connectivity index (χ3n) is 2.42. The summed E-state index contributed by atoms with van der Waals surface area (Å²) in [7, 11) is 0. The van der Waals surface area contributed by atoms with Crippen molar-refractivity contribution < 1.29 is 0 Å². The number of nitrogens with one attached hydrogen (secondary N) is 1. The Hall–Kier alpha value is -1.83. The zero-order chi connectivity index (χ0) is 11.8. The van der Waals surface area contributed by atoms with Gasteiger partial charge in [0.25, 0.3) is 0 Å². The lowest BCUT2D eigenvalue weighted by atomic mass is 10.6. The van der Waals surface area contributed by atoms with Gasteiger partial charge in [-0.1, -0.05) is 0 Å². The smallest absolute Gasteiger partial charge is 0.344 e. The average molecular weight is 250 g/mol. The van der Waals surface area contributed by atoms with E-state index in [2.05, 4.69) is 20.2 Å². The van der Waals surface area contributed by atoms with Gasteiger partial charge in [0.05, 0.1) is 0 Å². The Bertz CT molecular complexity index is 602. The van der Waals surface area contributed by atoms with Crippen LogP contribution in [0.2, 0.25) is 0 Å². The van der Waals surface area contributed by atoms with Crippen LogP contribution in [0.15, 0.2) is 27.4 Å². The molecule has 3 rings (SSSR count). The molecule has 2 heterocycles. The monoisotopic (exact) mass is 250 g/mol. The number of hydrogen-bond donors (Lipinski definition) is 2. The summed E-state index contributed by atoms with van der Waals surface area (Å²) >= 11 is 1.24. The van der Waals surface area contributed by atoms with Crippen molar-refractivity contribution in [2.45, 2.75) is 29.2 Å². The quantitative estimate of drug-likeness (QED) is 0.766. The van der Waals surface area contributed by atoms with Gasteiger partial charge in [0.2, 0.25) is 0 Å². The van der Waals surface area contributed by atoms with E-state index < -0.39 is 0 Å². The van der Waals surface area contributed by atoms with E-state index in [1.54, 1.807) is 16.8 Å². The van der Waals surface area contributed by atoms with Gasteiger partial charge in [0.15, 0.2) is 10.3 Å². The highest BCUT2D eigenvalue weighted by Gasteiger charge is 2.29. The number of H-pyrrole nitrogens is 1. The summed E-state index contributed by atoms with van der Waals surface area (Å²) in [6.45, 7) is 0. The zero-order valence-electron chi connectivity index (χ0n) is 8.83. The molecule has 8 heteroatoms. The van der Waals surface area contributed by atoms with E-state index in [4.69, 9.17) is 5.73 Å². The Morgan fingerprint density at radius 3 is 3.06 bits per heavy atom. The standard InChI is InChI=1S/C9H10N6OS/c10-6-3-4-11-7(12-6)17-9-14-13-8(16)15(9)5-1-2-5/h3-5H,1-2H2,(H,13,16)(H2,10,11,12). The summed E-state index contributed by atoms with van der Waals surface area (Å²) in [4.78, 5) is 19.7. The lowest BCUT2D eigenvalue weighted by Gasteiger charge is -2.02. The first-order chi connectivity index (χ1) is 8.24. The molecule has 0 aliphatic heterocycles. The Morgan fingerprint density at radius 1 is 1.53 bits per heavy atom. The number of hydrogen-bond acceptors (Lipinski definition) is 6. The minimum absolute atomic E-state index is 0.182. The van der Waals surface area contributed by atoms with Crippen molar-refractivity contribution in [2.75, 3.05) is 5.73 Å². The second-order valence-corrected chi connectivity index (χ2v) is 4.71. The van der Waals surface area contributed by atoms with Crippen LogP contribution in [0.25, 0.3) is 0 Å². The first kappa shape index (κ1) is 10.3. The highest BCUT2D eigenvalue weighted by atomic mass is 32.2. The molecule has 1 aliphatic carbocycles. The Labute approximate surface area is 100 Å². The number of nitrogens with two attached hydrogens (primary N) is 1. The normalized spacial score (nSPS) is 15.1. The first-order valence-electron chi connectivity index (χ1n) is 5.17. The molecule has 0 atom stereocenters. The summed E-state index contributed by atoms with van der Waals surface area (Å²) < 4.78 is 1.65. The molecule has 0 amide bonds. The van der Waals surface area contributed by atoms with Crippen LogP contribution < -0.4 is 11.4 Å². The predicted octanol–water partition coefficient (Wildman–Crippen LogP) is 0.430. The van der Waals surface area contributed by atoms with Crippen molar-refractivity contribution in [1.82, 2.24) is 24.7 Å². The zero-order valence-corrected chi connectivity index (χ0v) is 9.65. The number of aromatic amines is 1. The third-order valence-corrected chi connectivity index (χ3v) is 3.27. The molecule has 1 fully saturated rings. The molecule has 7 nitrogen and oxygen atoms in total. The number of anilines is 1. The molecular formula is C9H10N6OS. The van der Waals surface area contributed by atoms with Crippen LogP contribution in [-0.2, 0) is 0 Å². The van der Waals surface area contributed by atoms with Crippen molar-refractivity contribution >= 4 is 17.6 Å².